The summed E-state index contributed by atoms with van der Waals surface area (Å²) < 4.78 is 5.77. The predicted octanol–water partition coefficient (Wildman–Crippen LogP) is 2.76. The molecule has 0 N–H and O–H groups in total. The van der Waals surface area contributed by atoms with Gasteiger partial charge in [0.1, 0.15) is 5.78 Å². The molecule has 0 aliphatic carbocycles. The lowest BCUT2D eigenvalue weighted by atomic mass is 10.0. The van der Waals surface area contributed by atoms with Crippen molar-refractivity contribution in [3.05, 3.63) is 33.8 Å². The van der Waals surface area contributed by atoms with Crippen LogP contribution in [-0.2, 0) is 16.0 Å². The monoisotopic (exact) mass is 284 g/mol. The Morgan fingerprint density at radius 2 is 2.06 bits per heavy atom. The smallest absolute Gasteiger partial charge is 0.338 e. The van der Waals surface area contributed by atoms with Crippen LogP contribution in [0, 0.1) is 0 Å². The van der Waals surface area contributed by atoms with E-state index in [1.807, 2.05) is 0 Å². The van der Waals surface area contributed by atoms with E-state index in [4.69, 9.17) is 4.74 Å². The van der Waals surface area contributed by atoms with Crippen molar-refractivity contribution in [2.45, 2.75) is 20.3 Å². The van der Waals surface area contributed by atoms with Gasteiger partial charge < -0.3 is 4.74 Å². The zero-order valence-electron chi connectivity index (χ0n) is 9.25. The van der Waals surface area contributed by atoms with Crippen molar-refractivity contribution in [2.75, 3.05) is 6.61 Å². The molecular formula is C12H13BrO3. The normalized spacial score (nSPS) is 9.94. The fourth-order valence-corrected chi connectivity index (χ4v) is 1.79. The zero-order chi connectivity index (χ0) is 12.1. The van der Waals surface area contributed by atoms with Crippen LogP contribution in [0.1, 0.15) is 29.8 Å². The summed E-state index contributed by atoms with van der Waals surface area (Å²) in [6, 6.07) is 5.20. The number of rotatable bonds is 4. The number of esters is 1. The fourth-order valence-electron chi connectivity index (χ4n) is 1.38. The van der Waals surface area contributed by atoms with Crippen molar-refractivity contribution < 1.29 is 14.3 Å². The van der Waals surface area contributed by atoms with Crippen molar-refractivity contribution in [3.63, 3.8) is 0 Å². The third kappa shape index (κ3) is 3.45. The maximum Gasteiger partial charge on any atom is 0.338 e. The molecule has 0 saturated carbocycles. The van der Waals surface area contributed by atoms with E-state index in [0.29, 0.717) is 17.7 Å². The van der Waals surface area contributed by atoms with Crippen LogP contribution >= 0.6 is 15.9 Å². The molecule has 0 unspecified atom stereocenters. The molecule has 86 valence electrons. The van der Waals surface area contributed by atoms with Gasteiger partial charge in [-0.2, -0.15) is 0 Å². The lowest BCUT2D eigenvalue weighted by Crippen LogP contribution is -2.10. The van der Waals surface area contributed by atoms with Gasteiger partial charge in [-0.3, -0.25) is 4.79 Å². The number of hydrogen-bond acceptors (Lipinski definition) is 3. The number of carbonyl (C=O) groups excluding carboxylic acids is 2. The lowest BCUT2D eigenvalue weighted by Gasteiger charge is -2.07. The van der Waals surface area contributed by atoms with E-state index < -0.39 is 0 Å². The Balaban J connectivity index is 3.06. The SMILES string of the molecule is CCOC(=O)c1ccc(Br)cc1CC(C)=O. The Hall–Kier alpha value is -1.16. The largest absolute Gasteiger partial charge is 0.462 e. The predicted molar refractivity (Wildman–Crippen MR) is 64.5 cm³/mol. The van der Waals surface area contributed by atoms with Crippen molar-refractivity contribution in [1.29, 1.82) is 0 Å². The second-order valence-corrected chi connectivity index (χ2v) is 4.32. The first kappa shape index (κ1) is 12.9. The summed E-state index contributed by atoms with van der Waals surface area (Å²) in [6.07, 6.45) is 0.244. The first-order valence-corrected chi connectivity index (χ1v) is 5.79. The molecule has 1 rings (SSSR count). The highest BCUT2D eigenvalue weighted by molar-refractivity contribution is 9.10. The van der Waals surface area contributed by atoms with Gasteiger partial charge in [-0.15, -0.1) is 0 Å². The highest BCUT2D eigenvalue weighted by Crippen LogP contribution is 2.18. The molecule has 0 radical (unpaired) electrons. The van der Waals surface area contributed by atoms with Gasteiger partial charge in [-0.1, -0.05) is 15.9 Å². The van der Waals surface area contributed by atoms with Crippen molar-refractivity contribution in [3.8, 4) is 0 Å². The number of ether oxygens (including phenoxy) is 1. The Labute approximate surface area is 103 Å². The van der Waals surface area contributed by atoms with E-state index in [0.717, 1.165) is 4.47 Å². The van der Waals surface area contributed by atoms with Gasteiger partial charge in [0.15, 0.2) is 0 Å². The maximum atomic E-state index is 11.6. The molecule has 0 aliphatic rings. The first-order valence-electron chi connectivity index (χ1n) is 4.99. The second kappa shape index (κ2) is 5.80. The number of carbonyl (C=O) groups is 2. The van der Waals surface area contributed by atoms with Crippen molar-refractivity contribution in [1.82, 2.24) is 0 Å². The van der Waals surface area contributed by atoms with E-state index in [1.54, 1.807) is 25.1 Å². The fraction of sp³-hybridized carbons (Fsp3) is 0.333. The Morgan fingerprint density at radius 1 is 1.38 bits per heavy atom. The second-order valence-electron chi connectivity index (χ2n) is 3.40. The molecule has 0 bridgehead atoms. The average Bonchev–Trinajstić information content (AvgIpc) is 2.16. The van der Waals surface area contributed by atoms with Crippen LogP contribution in [0.5, 0.6) is 0 Å². The highest BCUT2D eigenvalue weighted by atomic mass is 79.9. The summed E-state index contributed by atoms with van der Waals surface area (Å²) in [4.78, 5) is 22.7. The van der Waals surface area contributed by atoms with E-state index in [-0.39, 0.29) is 18.2 Å². The van der Waals surface area contributed by atoms with Gasteiger partial charge in [0.25, 0.3) is 0 Å². The van der Waals surface area contributed by atoms with Crippen LogP contribution in [0.4, 0.5) is 0 Å². The highest BCUT2D eigenvalue weighted by Gasteiger charge is 2.13. The molecule has 0 heterocycles. The standard InChI is InChI=1S/C12H13BrO3/c1-3-16-12(15)11-5-4-10(13)7-9(11)6-8(2)14/h4-5,7H,3,6H2,1-2H3. The van der Waals surface area contributed by atoms with Crippen LogP contribution in [0.3, 0.4) is 0 Å². The average molecular weight is 285 g/mol. The van der Waals surface area contributed by atoms with Crippen LogP contribution < -0.4 is 0 Å². The summed E-state index contributed by atoms with van der Waals surface area (Å²) >= 11 is 3.31. The van der Waals surface area contributed by atoms with Crippen LogP contribution in [0.25, 0.3) is 0 Å². The molecule has 0 aliphatic heterocycles. The Kier molecular flexibility index (Phi) is 4.68. The molecule has 0 fully saturated rings. The van der Waals surface area contributed by atoms with Crippen molar-refractivity contribution >= 4 is 27.7 Å². The molecule has 0 atom stereocenters. The van der Waals surface area contributed by atoms with Crippen LogP contribution in [0.15, 0.2) is 22.7 Å². The van der Waals surface area contributed by atoms with Gasteiger partial charge in [0.2, 0.25) is 0 Å². The number of ketones is 1. The minimum absolute atomic E-state index is 0.0173. The Bertz CT molecular complexity index is 413. The van der Waals surface area contributed by atoms with E-state index >= 15 is 0 Å². The third-order valence-corrected chi connectivity index (χ3v) is 2.50. The number of halogens is 1. The third-order valence-electron chi connectivity index (χ3n) is 2.00. The maximum absolute atomic E-state index is 11.6. The Morgan fingerprint density at radius 3 is 2.62 bits per heavy atom. The van der Waals surface area contributed by atoms with Crippen LogP contribution in [0.2, 0.25) is 0 Å². The molecule has 0 spiro atoms. The van der Waals surface area contributed by atoms with Crippen LogP contribution in [-0.4, -0.2) is 18.4 Å². The first-order chi connectivity index (χ1) is 7.54. The quantitative estimate of drug-likeness (QED) is 0.799. The lowest BCUT2D eigenvalue weighted by molar-refractivity contribution is -0.116. The van der Waals surface area contributed by atoms with Gasteiger partial charge >= 0.3 is 5.97 Å². The van der Waals surface area contributed by atoms with E-state index in [2.05, 4.69) is 15.9 Å². The minimum atomic E-state index is -0.383. The molecule has 0 amide bonds. The van der Waals surface area contributed by atoms with Gasteiger partial charge in [0, 0.05) is 10.9 Å². The van der Waals surface area contributed by atoms with Gasteiger partial charge in [-0.05, 0) is 37.6 Å². The summed E-state index contributed by atoms with van der Waals surface area (Å²) in [5.41, 5.74) is 1.15. The molecule has 16 heavy (non-hydrogen) atoms. The summed E-state index contributed by atoms with van der Waals surface area (Å²) in [7, 11) is 0. The molecule has 0 aromatic heterocycles. The topological polar surface area (TPSA) is 43.4 Å². The molecule has 3 nitrogen and oxygen atoms in total. The molecule has 1 aromatic rings. The van der Waals surface area contributed by atoms with E-state index in [9.17, 15) is 9.59 Å². The summed E-state index contributed by atoms with van der Waals surface area (Å²) in [6.45, 7) is 3.58. The molecular weight excluding hydrogens is 272 g/mol. The van der Waals surface area contributed by atoms with Crippen molar-refractivity contribution in [2.24, 2.45) is 0 Å². The number of Topliss-reactive ketones (excluding diaryl/α,β-unsaturated/α-hetero) is 1. The molecule has 0 saturated heterocycles. The van der Waals surface area contributed by atoms with Gasteiger partial charge in [0.05, 0.1) is 12.2 Å². The number of hydrogen-bond donors (Lipinski definition) is 0. The van der Waals surface area contributed by atoms with Gasteiger partial charge in [-0.25, -0.2) is 4.79 Å². The zero-order valence-corrected chi connectivity index (χ0v) is 10.8. The summed E-state index contributed by atoms with van der Waals surface area (Å²) in [5.74, 6) is -0.366. The minimum Gasteiger partial charge on any atom is -0.462 e. The number of benzene rings is 1. The summed E-state index contributed by atoms with van der Waals surface area (Å²) in [5, 5.41) is 0. The molecule has 1 aromatic carbocycles. The van der Waals surface area contributed by atoms with E-state index in [1.165, 1.54) is 6.92 Å². The molecule has 4 heteroatoms.